The van der Waals surface area contributed by atoms with Crippen molar-refractivity contribution in [1.29, 1.82) is 0 Å². The van der Waals surface area contributed by atoms with Crippen LogP contribution in [0.2, 0.25) is 5.02 Å². The van der Waals surface area contributed by atoms with Crippen LogP contribution in [-0.2, 0) is 4.79 Å². The quantitative estimate of drug-likeness (QED) is 0.862. The number of nitrogens with zero attached hydrogens (tertiary/aromatic N) is 2. The Morgan fingerprint density at radius 3 is 2.52 bits per heavy atom. The molecule has 1 saturated heterocycles. The summed E-state index contributed by atoms with van der Waals surface area (Å²) in [5, 5.41) is 12.0. The van der Waals surface area contributed by atoms with Gasteiger partial charge >= 0.3 is 12.0 Å². The molecule has 1 unspecified atom stereocenters. The van der Waals surface area contributed by atoms with Gasteiger partial charge in [-0.15, -0.1) is 0 Å². The predicted octanol–water partition coefficient (Wildman–Crippen LogP) is 2.20. The van der Waals surface area contributed by atoms with Crippen molar-refractivity contribution in [3.05, 3.63) is 34.9 Å². The average molecular weight is 340 g/mol. The Bertz CT molecular complexity index is 559. The molecule has 6 nitrogen and oxygen atoms in total. The third kappa shape index (κ3) is 4.84. The SMILES string of the molecule is CC(c1ccccc1Cl)N1CCN(C(=O)NCCC(=O)O)CC1. The van der Waals surface area contributed by atoms with Crippen LogP contribution in [0.25, 0.3) is 0 Å². The Labute approximate surface area is 141 Å². The molecule has 1 fully saturated rings. The van der Waals surface area contributed by atoms with Gasteiger partial charge in [0.1, 0.15) is 0 Å². The third-order valence-electron chi connectivity index (χ3n) is 4.12. The van der Waals surface area contributed by atoms with Crippen molar-refractivity contribution >= 4 is 23.6 Å². The van der Waals surface area contributed by atoms with Gasteiger partial charge in [-0.05, 0) is 18.6 Å². The first-order valence-electron chi connectivity index (χ1n) is 7.72. The average Bonchev–Trinajstić information content (AvgIpc) is 2.54. The second kappa shape index (κ2) is 8.17. The molecule has 1 aromatic rings. The molecule has 23 heavy (non-hydrogen) atoms. The molecule has 126 valence electrons. The van der Waals surface area contributed by atoms with E-state index < -0.39 is 5.97 Å². The van der Waals surface area contributed by atoms with Gasteiger partial charge in [0, 0.05) is 43.8 Å². The van der Waals surface area contributed by atoms with Crippen LogP contribution in [-0.4, -0.2) is 59.6 Å². The maximum absolute atomic E-state index is 12.0. The van der Waals surface area contributed by atoms with E-state index in [1.54, 1.807) is 4.90 Å². The molecule has 1 aromatic carbocycles. The van der Waals surface area contributed by atoms with E-state index in [1.165, 1.54) is 0 Å². The molecule has 2 rings (SSSR count). The molecule has 0 bridgehead atoms. The summed E-state index contributed by atoms with van der Waals surface area (Å²) in [7, 11) is 0. The van der Waals surface area contributed by atoms with E-state index in [-0.39, 0.29) is 25.0 Å². The van der Waals surface area contributed by atoms with Gasteiger partial charge in [-0.1, -0.05) is 29.8 Å². The number of hydrogen-bond donors (Lipinski definition) is 2. The van der Waals surface area contributed by atoms with Crippen LogP contribution in [0.4, 0.5) is 4.79 Å². The topological polar surface area (TPSA) is 72.9 Å². The van der Waals surface area contributed by atoms with E-state index in [0.717, 1.165) is 23.7 Å². The minimum absolute atomic E-state index is 0.0603. The van der Waals surface area contributed by atoms with Crippen LogP contribution in [0.1, 0.15) is 24.9 Å². The lowest BCUT2D eigenvalue weighted by Gasteiger charge is -2.38. The van der Waals surface area contributed by atoms with Crippen LogP contribution < -0.4 is 5.32 Å². The smallest absolute Gasteiger partial charge is 0.317 e. The highest BCUT2D eigenvalue weighted by atomic mass is 35.5. The summed E-state index contributed by atoms with van der Waals surface area (Å²) in [5.41, 5.74) is 1.09. The zero-order chi connectivity index (χ0) is 16.8. The fourth-order valence-corrected chi connectivity index (χ4v) is 3.00. The molecule has 0 radical (unpaired) electrons. The van der Waals surface area contributed by atoms with E-state index in [4.69, 9.17) is 16.7 Å². The summed E-state index contributed by atoms with van der Waals surface area (Å²) >= 11 is 6.25. The molecule has 1 aliphatic heterocycles. The molecule has 2 N–H and O–H groups in total. The Kier molecular flexibility index (Phi) is 6.24. The van der Waals surface area contributed by atoms with Crippen molar-refractivity contribution in [2.24, 2.45) is 0 Å². The molecule has 0 aliphatic carbocycles. The third-order valence-corrected chi connectivity index (χ3v) is 4.46. The van der Waals surface area contributed by atoms with Crippen molar-refractivity contribution in [1.82, 2.24) is 15.1 Å². The number of aliphatic carboxylic acids is 1. The summed E-state index contributed by atoms with van der Waals surface area (Å²) < 4.78 is 0. The first-order valence-corrected chi connectivity index (χ1v) is 8.10. The van der Waals surface area contributed by atoms with E-state index in [2.05, 4.69) is 17.1 Å². The summed E-state index contributed by atoms with van der Waals surface area (Å²) in [6.07, 6.45) is -0.0603. The minimum Gasteiger partial charge on any atom is -0.481 e. The normalized spacial score (nSPS) is 16.9. The molecular weight excluding hydrogens is 318 g/mol. The van der Waals surface area contributed by atoms with Gasteiger partial charge in [0.05, 0.1) is 6.42 Å². The van der Waals surface area contributed by atoms with Gasteiger partial charge in [0.25, 0.3) is 0 Å². The zero-order valence-electron chi connectivity index (χ0n) is 13.2. The Morgan fingerprint density at radius 1 is 1.26 bits per heavy atom. The highest BCUT2D eigenvalue weighted by Crippen LogP contribution is 2.27. The fraction of sp³-hybridized carbons (Fsp3) is 0.500. The lowest BCUT2D eigenvalue weighted by molar-refractivity contribution is -0.136. The molecule has 1 heterocycles. The number of halogens is 1. The first-order chi connectivity index (χ1) is 11.0. The van der Waals surface area contributed by atoms with Crippen LogP contribution in [0, 0.1) is 0 Å². The van der Waals surface area contributed by atoms with Gasteiger partial charge in [0.2, 0.25) is 0 Å². The van der Waals surface area contributed by atoms with Crippen molar-refractivity contribution in [3.63, 3.8) is 0 Å². The van der Waals surface area contributed by atoms with Gasteiger partial charge < -0.3 is 15.3 Å². The first kappa shape index (κ1) is 17.6. The maximum Gasteiger partial charge on any atom is 0.317 e. The number of amides is 2. The van der Waals surface area contributed by atoms with E-state index >= 15 is 0 Å². The largest absolute Gasteiger partial charge is 0.481 e. The predicted molar refractivity (Wildman–Crippen MR) is 88.7 cm³/mol. The van der Waals surface area contributed by atoms with E-state index in [9.17, 15) is 9.59 Å². The van der Waals surface area contributed by atoms with Crippen LogP contribution in [0.5, 0.6) is 0 Å². The lowest BCUT2D eigenvalue weighted by Crippen LogP contribution is -2.52. The van der Waals surface area contributed by atoms with Crippen molar-refractivity contribution in [2.45, 2.75) is 19.4 Å². The number of piperazine rings is 1. The van der Waals surface area contributed by atoms with Crippen LogP contribution in [0.15, 0.2) is 24.3 Å². The Morgan fingerprint density at radius 2 is 1.91 bits per heavy atom. The Balaban J connectivity index is 1.82. The summed E-state index contributed by atoms with van der Waals surface area (Å²) in [4.78, 5) is 26.4. The molecular formula is C16H22ClN3O3. The minimum atomic E-state index is -0.913. The zero-order valence-corrected chi connectivity index (χ0v) is 13.9. The second-order valence-electron chi connectivity index (χ2n) is 5.60. The number of hydrogen-bond acceptors (Lipinski definition) is 3. The standard InChI is InChI=1S/C16H22ClN3O3/c1-12(13-4-2-3-5-14(13)17)19-8-10-20(11-9-19)16(23)18-7-6-15(21)22/h2-5,12H,6-11H2,1H3,(H,18,23)(H,21,22). The summed E-state index contributed by atoms with van der Waals surface area (Å²) in [5.74, 6) is -0.913. The molecule has 2 amide bonds. The van der Waals surface area contributed by atoms with Crippen LogP contribution in [0.3, 0.4) is 0 Å². The van der Waals surface area contributed by atoms with Crippen LogP contribution >= 0.6 is 11.6 Å². The highest BCUT2D eigenvalue weighted by Gasteiger charge is 2.25. The lowest BCUT2D eigenvalue weighted by atomic mass is 10.1. The summed E-state index contributed by atoms with van der Waals surface area (Å²) in [6.45, 7) is 5.03. The highest BCUT2D eigenvalue weighted by molar-refractivity contribution is 6.31. The number of nitrogens with one attached hydrogen (secondary N) is 1. The van der Waals surface area contributed by atoms with Crippen molar-refractivity contribution < 1.29 is 14.7 Å². The second-order valence-corrected chi connectivity index (χ2v) is 6.00. The maximum atomic E-state index is 12.0. The number of urea groups is 1. The molecule has 0 aromatic heterocycles. The fourth-order valence-electron chi connectivity index (χ4n) is 2.71. The van der Waals surface area contributed by atoms with E-state index in [0.29, 0.717) is 13.1 Å². The summed E-state index contributed by atoms with van der Waals surface area (Å²) in [6, 6.07) is 7.80. The number of carbonyl (C=O) groups is 2. The molecule has 1 aliphatic rings. The number of rotatable bonds is 5. The number of carboxylic acids is 1. The Hall–Kier alpha value is -1.79. The van der Waals surface area contributed by atoms with Gasteiger partial charge in [0.15, 0.2) is 0 Å². The number of carbonyl (C=O) groups excluding carboxylic acids is 1. The van der Waals surface area contributed by atoms with Crippen molar-refractivity contribution in [2.75, 3.05) is 32.7 Å². The molecule has 7 heteroatoms. The van der Waals surface area contributed by atoms with Gasteiger partial charge in [-0.3, -0.25) is 9.69 Å². The van der Waals surface area contributed by atoms with Gasteiger partial charge in [-0.25, -0.2) is 4.79 Å². The van der Waals surface area contributed by atoms with E-state index in [1.807, 2.05) is 24.3 Å². The van der Waals surface area contributed by atoms with Gasteiger partial charge in [-0.2, -0.15) is 0 Å². The molecule has 0 saturated carbocycles. The molecule has 0 spiro atoms. The monoisotopic (exact) mass is 339 g/mol. The molecule has 1 atom stereocenters. The van der Waals surface area contributed by atoms with Crippen molar-refractivity contribution in [3.8, 4) is 0 Å². The number of carboxylic acid groups (broad SMARTS) is 1. The number of benzene rings is 1.